The van der Waals surface area contributed by atoms with E-state index in [1.165, 1.54) is 12.8 Å². The average molecular weight is 282 g/mol. The first-order valence-corrected chi connectivity index (χ1v) is 7.26. The molecule has 1 saturated carbocycles. The van der Waals surface area contributed by atoms with Gasteiger partial charge in [-0.2, -0.15) is 0 Å². The summed E-state index contributed by atoms with van der Waals surface area (Å²) in [5.41, 5.74) is 7.17. The third-order valence-electron chi connectivity index (χ3n) is 4.27. The summed E-state index contributed by atoms with van der Waals surface area (Å²) < 4.78 is 11.5. The molecule has 1 aromatic rings. The fraction of sp³-hybridized carbons (Fsp3) is 0.600. The minimum absolute atomic E-state index is 0.0161. The van der Waals surface area contributed by atoms with Crippen LogP contribution in [-0.2, 0) is 5.41 Å². The molecule has 0 amide bonds. The zero-order valence-corrected chi connectivity index (χ0v) is 12.2. The second-order valence-electron chi connectivity index (χ2n) is 6.07. The topological polar surface area (TPSA) is 44.5 Å². The van der Waals surface area contributed by atoms with Gasteiger partial charge >= 0.3 is 0 Å². The molecule has 0 spiro atoms. The quantitative estimate of drug-likeness (QED) is 0.900. The van der Waals surface area contributed by atoms with Crippen molar-refractivity contribution in [2.45, 2.75) is 50.7 Å². The Kier molecular flexibility index (Phi) is 2.95. The minimum atomic E-state index is -0.615. The molecule has 0 saturated heterocycles. The van der Waals surface area contributed by atoms with Gasteiger partial charge < -0.3 is 15.2 Å². The summed E-state index contributed by atoms with van der Waals surface area (Å²) in [6.45, 7) is 4.43. The first-order valence-electron chi connectivity index (χ1n) is 6.88. The van der Waals surface area contributed by atoms with Gasteiger partial charge in [0.25, 0.3) is 0 Å². The van der Waals surface area contributed by atoms with Crippen LogP contribution in [0.25, 0.3) is 0 Å². The first-order chi connectivity index (χ1) is 8.96. The van der Waals surface area contributed by atoms with Crippen molar-refractivity contribution in [1.82, 2.24) is 0 Å². The van der Waals surface area contributed by atoms with E-state index < -0.39 is 5.79 Å². The molecule has 104 valence electrons. The van der Waals surface area contributed by atoms with E-state index in [2.05, 4.69) is 0 Å². The molecule has 1 aromatic carbocycles. The molecule has 1 fully saturated rings. The lowest BCUT2D eigenvalue weighted by molar-refractivity contribution is -0.0431. The van der Waals surface area contributed by atoms with E-state index in [1.807, 2.05) is 26.0 Å². The second kappa shape index (κ2) is 4.29. The fourth-order valence-corrected chi connectivity index (χ4v) is 3.64. The first kappa shape index (κ1) is 13.1. The number of ether oxygens (including phenoxy) is 2. The van der Waals surface area contributed by atoms with Crippen LogP contribution in [0.15, 0.2) is 12.1 Å². The number of fused-ring (bicyclic) bond motifs is 1. The van der Waals surface area contributed by atoms with E-state index in [9.17, 15) is 0 Å². The van der Waals surface area contributed by atoms with E-state index in [4.69, 9.17) is 26.8 Å². The lowest BCUT2D eigenvalue weighted by Gasteiger charge is -2.29. The molecule has 1 aliphatic carbocycles. The van der Waals surface area contributed by atoms with E-state index in [0.717, 1.165) is 34.9 Å². The summed E-state index contributed by atoms with van der Waals surface area (Å²) in [6, 6.07) is 3.90. The Bertz CT molecular complexity index is 507. The molecule has 0 atom stereocenters. The number of halogens is 1. The molecule has 2 N–H and O–H groups in total. The Morgan fingerprint density at radius 2 is 1.74 bits per heavy atom. The Morgan fingerprint density at radius 1 is 1.16 bits per heavy atom. The van der Waals surface area contributed by atoms with Gasteiger partial charge in [0.1, 0.15) is 0 Å². The summed E-state index contributed by atoms with van der Waals surface area (Å²) in [4.78, 5) is 0. The molecule has 3 rings (SSSR count). The van der Waals surface area contributed by atoms with Gasteiger partial charge in [0.2, 0.25) is 5.79 Å². The van der Waals surface area contributed by atoms with Gasteiger partial charge in [-0.15, -0.1) is 0 Å². The van der Waals surface area contributed by atoms with Gasteiger partial charge in [0.05, 0.1) is 0 Å². The predicted molar refractivity (Wildman–Crippen MR) is 76.0 cm³/mol. The standard InChI is InChI=1S/C15H20ClNO2/c1-14(2)18-12-7-10(11(16)8-13(12)19-14)15(9-17)5-3-4-6-15/h7-8H,3-6,9,17H2,1-2H3. The maximum Gasteiger partial charge on any atom is 0.246 e. The fourth-order valence-electron chi connectivity index (χ4n) is 3.29. The zero-order chi connectivity index (χ0) is 13.7. The van der Waals surface area contributed by atoms with Crippen LogP contribution in [-0.4, -0.2) is 12.3 Å². The molecule has 1 heterocycles. The van der Waals surface area contributed by atoms with Crippen molar-refractivity contribution in [2.75, 3.05) is 6.54 Å². The van der Waals surface area contributed by atoms with Crippen molar-refractivity contribution >= 4 is 11.6 Å². The van der Waals surface area contributed by atoms with Gasteiger partial charge in [-0.1, -0.05) is 24.4 Å². The van der Waals surface area contributed by atoms with E-state index in [1.54, 1.807) is 0 Å². The molecule has 4 heteroatoms. The van der Waals surface area contributed by atoms with Gasteiger partial charge in [0.15, 0.2) is 11.5 Å². The summed E-state index contributed by atoms with van der Waals surface area (Å²) >= 11 is 6.46. The van der Waals surface area contributed by atoms with Gasteiger partial charge in [-0.25, -0.2) is 0 Å². The molecule has 0 aromatic heterocycles. The van der Waals surface area contributed by atoms with Crippen LogP contribution in [0.5, 0.6) is 11.5 Å². The highest BCUT2D eigenvalue weighted by atomic mass is 35.5. The molecule has 2 aliphatic rings. The van der Waals surface area contributed by atoms with Crippen LogP contribution < -0.4 is 15.2 Å². The Labute approximate surface area is 119 Å². The summed E-state index contributed by atoms with van der Waals surface area (Å²) in [5.74, 6) is 0.892. The summed E-state index contributed by atoms with van der Waals surface area (Å²) in [6.07, 6.45) is 4.64. The van der Waals surface area contributed by atoms with Crippen LogP contribution in [0.1, 0.15) is 45.1 Å². The maximum absolute atomic E-state index is 6.46. The Hall–Kier alpha value is -0.930. The smallest absolute Gasteiger partial charge is 0.246 e. The zero-order valence-electron chi connectivity index (χ0n) is 11.5. The number of rotatable bonds is 2. The van der Waals surface area contributed by atoms with Crippen LogP contribution in [0.4, 0.5) is 0 Å². The van der Waals surface area contributed by atoms with Crippen molar-refractivity contribution in [3.05, 3.63) is 22.7 Å². The molecule has 0 radical (unpaired) electrons. The lowest BCUT2D eigenvalue weighted by atomic mass is 9.79. The molecule has 1 aliphatic heterocycles. The van der Waals surface area contributed by atoms with Gasteiger partial charge in [-0.3, -0.25) is 0 Å². The van der Waals surface area contributed by atoms with Gasteiger partial charge in [-0.05, 0) is 24.5 Å². The SMILES string of the molecule is CC1(C)Oc2cc(Cl)c(C3(CN)CCCC3)cc2O1. The number of hydrogen-bond acceptors (Lipinski definition) is 3. The molecule has 19 heavy (non-hydrogen) atoms. The normalized spacial score (nSPS) is 22.7. The van der Waals surface area contributed by atoms with Gasteiger partial charge in [0, 0.05) is 36.9 Å². The van der Waals surface area contributed by atoms with Crippen molar-refractivity contribution in [3.63, 3.8) is 0 Å². The Balaban J connectivity index is 2.05. The van der Waals surface area contributed by atoms with Crippen molar-refractivity contribution < 1.29 is 9.47 Å². The highest BCUT2D eigenvalue weighted by Crippen LogP contribution is 2.49. The monoisotopic (exact) mass is 281 g/mol. The highest BCUT2D eigenvalue weighted by molar-refractivity contribution is 6.31. The number of benzene rings is 1. The van der Waals surface area contributed by atoms with Crippen LogP contribution in [0, 0.1) is 0 Å². The minimum Gasteiger partial charge on any atom is -0.449 e. The average Bonchev–Trinajstić information content (AvgIpc) is 2.91. The van der Waals surface area contributed by atoms with E-state index in [0.29, 0.717) is 6.54 Å². The van der Waals surface area contributed by atoms with Crippen molar-refractivity contribution in [2.24, 2.45) is 5.73 Å². The van der Waals surface area contributed by atoms with Crippen molar-refractivity contribution in [3.8, 4) is 11.5 Å². The van der Waals surface area contributed by atoms with Crippen LogP contribution in [0.2, 0.25) is 5.02 Å². The molecule has 0 unspecified atom stereocenters. The maximum atomic E-state index is 6.46. The highest BCUT2D eigenvalue weighted by Gasteiger charge is 2.39. The molecule has 3 nitrogen and oxygen atoms in total. The molecular formula is C15H20ClNO2. The third kappa shape index (κ3) is 2.09. The Morgan fingerprint density at radius 3 is 2.32 bits per heavy atom. The summed E-state index contributed by atoms with van der Waals surface area (Å²) in [5, 5.41) is 0.743. The van der Waals surface area contributed by atoms with E-state index >= 15 is 0 Å². The predicted octanol–water partition coefficient (Wildman–Crippen LogP) is 3.62. The molecule has 0 bridgehead atoms. The number of nitrogens with two attached hydrogens (primary N) is 1. The molecular weight excluding hydrogens is 262 g/mol. The van der Waals surface area contributed by atoms with E-state index in [-0.39, 0.29) is 5.41 Å². The van der Waals surface area contributed by atoms with Crippen LogP contribution in [0.3, 0.4) is 0 Å². The van der Waals surface area contributed by atoms with Crippen LogP contribution >= 0.6 is 11.6 Å². The third-order valence-corrected chi connectivity index (χ3v) is 4.58. The lowest BCUT2D eigenvalue weighted by Crippen LogP contribution is -2.32. The largest absolute Gasteiger partial charge is 0.449 e. The number of hydrogen-bond donors (Lipinski definition) is 1. The van der Waals surface area contributed by atoms with Crippen molar-refractivity contribution in [1.29, 1.82) is 0 Å². The second-order valence-corrected chi connectivity index (χ2v) is 6.48. The summed E-state index contributed by atoms with van der Waals surface area (Å²) in [7, 11) is 0.